The molecule has 0 saturated carbocycles. The summed E-state index contributed by atoms with van der Waals surface area (Å²) in [4.78, 5) is 26.4. The van der Waals surface area contributed by atoms with E-state index in [0.29, 0.717) is 12.8 Å². The number of hydrogen-bond acceptors (Lipinski definition) is 10. The summed E-state index contributed by atoms with van der Waals surface area (Å²) in [5, 5.41) is 56.7. The molecular weight excluding hydrogens is 871 g/mol. The van der Waals surface area contributed by atoms with Gasteiger partial charge in [0.2, 0.25) is 5.91 Å². The monoisotopic (exact) mass is 972 g/mol. The average molecular weight is 972 g/mol. The van der Waals surface area contributed by atoms with Crippen LogP contribution in [0.5, 0.6) is 0 Å². The molecule has 0 radical (unpaired) electrons. The summed E-state index contributed by atoms with van der Waals surface area (Å²) < 4.78 is 17.5. The number of carbonyl (C=O) groups is 2. The van der Waals surface area contributed by atoms with Gasteiger partial charge in [0.1, 0.15) is 24.4 Å². The normalized spacial score (nSPS) is 20.4. The van der Waals surface area contributed by atoms with Crippen molar-refractivity contribution >= 4 is 11.9 Å². The van der Waals surface area contributed by atoms with Crippen LogP contribution in [0.2, 0.25) is 0 Å². The van der Waals surface area contributed by atoms with Gasteiger partial charge in [-0.2, -0.15) is 0 Å². The summed E-state index contributed by atoms with van der Waals surface area (Å²) in [6.45, 7) is 5.58. The zero-order chi connectivity index (χ0) is 50.4. The maximum Gasteiger partial charge on any atom is 0.306 e. The lowest BCUT2D eigenvalue weighted by Gasteiger charge is -2.41. The quantitative estimate of drug-likeness (QED) is 0.0149. The molecule has 8 atom stereocenters. The van der Waals surface area contributed by atoms with E-state index in [2.05, 4.69) is 68.6 Å². The van der Waals surface area contributed by atoms with Crippen LogP contribution in [-0.2, 0) is 23.8 Å². The maximum atomic E-state index is 13.4. The fourth-order valence-electron chi connectivity index (χ4n) is 8.23. The lowest BCUT2D eigenvalue weighted by Crippen LogP contribution is -2.61. The minimum Gasteiger partial charge on any atom is -0.454 e. The van der Waals surface area contributed by atoms with Crippen LogP contribution < -0.4 is 5.32 Å². The molecule has 1 aliphatic rings. The van der Waals surface area contributed by atoms with E-state index in [1.165, 1.54) is 77.0 Å². The highest BCUT2D eigenvalue weighted by molar-refractivity contribution is 5.80. The van der Waals surface area contributed by atoms with Crippen LogP contribution in [0.25, 0.3) is 0 Å². The van der Waals surface area contributed by atoms with Gasteiger partial charge in [-0.3, -0.25) is 9.59 Å². The van der Waals surface area contributed by atoms with Gasteiger partial charge >= 0.3 is 5.97 Å². The van der Waals surface area contributed by atoms with Crippen molar-refractivity contribution in [2.75, 3.05) is 13.2 Å². The minimum atomic E-state index is -1.63. The number of nitrogens with one attached hydrogen (secondary N) is 1. The number of aliphatic hydroxyl groups excluding tert-OH is 5. The summed E-state index contributed by atoms with van der Waals surface area (Å²) in [6, 6.07) is -1.04. The Morgan fingerprint density at radius 2 is 1.04 bits per heavy atom. The zero-order valence-corrected chi connectivity index (χ0v) is 43.7. The topological polar surface area (TPSA) is 175 Å². The van der Waals surface area contributed by atoms with Crippen molar-refractivity contribution in [1.82, 2.24) is 5.32 Å². The Hall–Kier alpha value is -2.90. The molecule has 1 heterocycles. The van der Waals surface area contributed by atoms with Crippen LogP contribution in [0.4, 0.5) is 0 Å². The lowest BCUT2D eigenvalue weighted by molar-refractivity contribution is -0.305. The maximum absolute atomic E-state index is 13.4. The molecule has 1 aliphatic heterocycles. The first-order valence-corrected chi connectivity index (χ1v) is 27.8. The molecule has 1 saturated heterocycles. The number of allylic oxidation sites excluding steroid dienone is 11. The largest absolute Gasteiger partial charge is 0.454 e. The Labute approximate surface area is 420 Å². The fraction of sp³-hybridized carbons (Fsp3) is 0.759. The van der Waals surface area contributed by atoms with Crippen molar-refractivity contribution < 1.29 is 49.3 Å². The predicted octanol–water partition coefficient (Wildman–Crippen LogP) is 12.1. The summed E-state index contributed by atoms with van der Waals surface area (Å²) in [5.74, 6) is -1.23. The molecule has 6 N–H and O–H groups in total. The van der Waals surface area contributed by atoms with E-state index < -0.39 is 67.4 Å². The molecule has 0 bridgehead atoms. The lowest BCUT2D eigenvalue weighted by atomic mass is 9.99. The van der Waals surface area contributed by atoms with Crippen molar-refractivity contribution in [3.8, 4) is 0 Å². The van der Waals surface area contributed by atoms with Gasteiger partial charge in [0, 0.05) is 6.42 Å². The number of carbonyl (C=O) groups excluding carboxylic acids is 2. The number of amides is 1. The Bertz CT molecular complexity index is 1390. The second-order valence-electron chi connectivity index (χ2n) is 19.0. The Kier molecular flexibility index (Phi) is 42.9. The number of rotatable bonds is 45. The summed E-state index contributed by atoms with van der Waals surface area (Å²) in [7, 11) is 0. The van der Waals surface area contributed by atoms with Crippen molar-refractivity contribution in [1.29, 1.82) is 0 Å². The van der Waals surface area contributed by atoms with E-state index in [0.717, 1.165) is 96.3 Å². The second-order valence-corrected chi connectivity index (χ2v) is 19.0. The molecule has 1 fully saturated rings. The van der Waals surface area contributed by atoms with Gasteiger partial charge in [0.05, 0.1) is 25.4 Å². The van der Waals surface area contributed by atoms with Gasteiger partial charge < -0.3 is 45.1 Å². The zero-order valence-electron chi connectivity index (χ0n) is 43.7. The van der Waals surface area contributed by atoms with Gasteiger partial charge in [0.15, 0.2) is 12.4 Å². The van der Waals surface area contributed by atoms with Gasteiger partial charge in [-0.15, -0.1) is 0 Å². The molecule has 0 aliphatic carbocycles. The second kappa shape index (κ2) is 46.2. The summed E-state index contributed by atoms with van der Waals surface area (Å²) in [6.07, 6.45) is 46.6. The van der Waals surface area contributed by atoms with E-state index in [1.807, 2.05) is 24.3 Å². The van der Waals surface area contributed by atoms with Crippen molar-refractivity contribution in [3.63, 3.8) is 0 Å². The molecule has 398 valence electrons. The minimum absolute atomic E-state index is 0.0963. The Morgan fingerprint density at radius 3 is 1.59 bits per heavy atom. The van der Waals surface area contributed by atoms with Crippen LogP contribution in [0.1, 0.15) is 220 Å². The number of aliphatic hydroxyl groups is 5. The van der Waals surface area contributed by atoms with Crippen molar-refractivity contribution in [3.05, 3.63) is 72.9 Å². The predicted molar refractivity (Wildman–Crippen MR) is 283 cm³/mol. The van der Waals surface area contributed by atoms with Gasteiger partial charge in [-0.25, -0.2) is 0 Å². The number of unbranched alkanes of at least 4 members (excludes halogenated alkanes) is 24. The molecule has 69 heavy (non-hydrogen) atoms. The first-order valence-electron chi connectivity index (χ1n) is 27.8. The Balaban J connectivity index is 2.79. The van der Waals surface area contributed by atoms with Gasteiger partial charge in [-0.1, -0.05) is 216 Å². The average Bonchev–Trinajstić information content (AvgIpc) is 3.34. The third-order valence-electron chi connectivity index (χ3n) is 12.7. The van der Waals surface area contributed by atoms with E-state index >= 15 is 0 Å². The van der Waals surface area contributed by atoms with Crippen molar-refractivity contribution in [2.24, 2.45) is 0 Å². The van der Waals surface area contributed by atoms with Gasteiger partial charge in [0.25, 0.3) is 0 Å². The summed E-state index contributed by atoms with van der Waals surface area (Å²) >= 11 is 0. The standard InChI is InChI=1S/C58H101NO10/c1-4-7-10-13-16-19-22-25-28-30-33-36-39-42-45-51(62)57(66)59-49(50(61)44-41-38-35-32-29-26-23-20-17-14-11-8-5-2)48-67-58-56(55(65)54(64)52(47-60)68-58)69-53(63)46-43-40-37-34-31-27-24-21-18-15-12-9-6-3/h9,12,15-16,18-19,21-22,24-25,41,44,49-52,54-56,58,60-62,64-65H,4-8,10-11,13-14,17,20,23,26-40,42-43,45-48H2,1-3H3,(H,59,66)/b12-9+,18-15+,19-16+,24-21-,25-22+,44-41+. The van der Waals surface area contributed by atoms with E-state index in [-0.39, 0.29) is 19.4 Å². The molecule has 1 amide bonds. The molecular formula is C58H101NO10. The molecule has 11 nitrogen and oxygen atoms in total. The van der Waals surface area contributed by atoms with Crippen LogP contribution in [0, 0.1) is 0 Å². The molecule has 0 spiro atoms. The number of hydrogen-bond donors (Lipinski definition) is 6. The molecule has 0 aromatic rings. The Morgan fingerprint density at radius 1 is 0.580 bits per heavy atom. The molecule has 0 aromatic carbocycles. The molecule has 1 rings (SSSR count). The molecule has 11 heteroatoms. The first kappa shape index (κ1) is 64.1. The fourth-order valence-corrected chi connectivity index (χ4v) is 8.23. The van der Waals surface area contributed by atoms with Crippen molar-refractivity contribution in [2.45, 2.75) is 269 Å². The van der Waals surface area contributed by atoms with Crippen LogP contribution in [0.3, 0.4) is 0 Å². The van der Waals surface area contributed by atoms with Crippen LogP contribution >= 0.6 is 0 Å². The van der Waals surface area contributed by atoms with Gasteiger partial charge in [-0.05, 0) is 70.6 Å². The highest BCUT2D eigenvalue weighted by Gasteiger charge is 2.47. The van der Waals surface area contributed by atoms with E-state index in [4.69, 9.17) is 14.2 Å². The highest BCUT2D eigenvalue weighted by Crippen LogP contribution is 2.26. The number of ether oxygens (including phenoxy) is 3. The van der Waals surface area contributed by atoms with E-state index in [1.54, 1.807) is 6.08 Å². The third kappa shape index (κ3) is 35.0. The number of esters is 1. The highest BCUT2D eigenvalue weighted by atomic mass is 16.7. The molecule has 0 aromatic heterocycles. The third-order valence-corrected chi connectivity index (χ3v) is 12.7. The molecule has 8 unspecified atom stereocenters. The van der Waals surface area contributed by atoms with Crippen LogP contribution in [0.15, 0.2) is 72.9 Å². The smallest absolute Gasteiger partial charge is 0.306 e. The SMILES string of the molecule is CC/C=C/C=C/C=C\CCCCCCCC(=O)OC1C(OCC(NC(=O)C(O)CCCCCCC/C=C/C=C/CCCCC)C(O)/C=C/CCCCCCCCCCCCC)OC(CO)C(O)C1O. The first-order chi connectivity index (χ1) is 33.7. The van der Waals surface area contributed by atoms with Crippen LogP contribution in [-0.4, -0.2) is 99.6 Å². The van der Waals surface area contributed by atoms with E-state index in [9.17, 15) is 35.1 Å². The summed E-state index contributed by atoms with van der Waals surface area (Å²) in [5.41, 5.74) is 0.